The summed E-state index contributed by atoms with van der Waals surface area (Å²) in [6, 6.07) is 24.7. The van der Waals surface area contributed by atoms with E-state index in [2.05, 4.69) is 4.99 Å². The fraction of sp³-hybridized carbons (Fsp3) is 0.0833. The topological polar surface area (TPSA) is 57.1 Å². The van der Waals surface area contributed by atoms with E-state index in [1.165, 1.54) is 0 Å². The van der Waals surface area contributed by atoms with Crippen LogP contribution in [0.2, 0.25) is 0 Å². The number of carbonyl (C=O) groups excluding carboxylic acids is 1. The summed E-state index contributed by atoms with van der Waals surface area (Å²) in [5.74, 6) is 1.01. The molecule has 0 bridgehead atoms. The molecule has 0 amide bonds. The summed E-state index contributed by atoms with van der Waals surface area (Å²) < 4.78 is 16.6. The van der Waals surface area contributed by atoms with Crippen LogP contribution in [0, 0.1) is 0 Å². The van der Waals surface area contributed by atoms with Crippen molar-refractivity contribution in [1.82, 2.24) is 0 Å². The third-order valence-electron chi connectivity index (χ3n) is 4.37. The predicted octanol–water partition coefficient (Wildman–Crippen LogP) is 4.62. The van der Waals surface area contributed by atoms with Crippen LogP contribution in [-0.4, -0.2) is 18.8 Å². The molecule has 0 N–H and O–H groups in total. The number of nitrogens with zero attached hydrogens (tertiary/aromatic N) is 1. The van der Waals surface area contributed by atoms with E-state index < -0.39 is 5.97 Å². The molecule has 144 valence electrons. The van der Waals surface area contributed by atoms with Gasteiger partial charge in [0.25, 0.3) is 0 Å². The number of cyclic esters (lactones) is 1. The molecule has 29 heavy (non-hydrogen) atoms. The van der Waals surface area contributed by atoms with E-state index in [0.717, 1.165) is 16.7 Å². The first-order chi connectivity index (χ1) is 14.2. The Morgan fingerprint density at radius 1 is 0.931 bits per heavy atom. The van der Waals surface area contributed by atoms with Gasteiger partial charge in [-0.05, 0) is 23.3 Å². The van der Waals surface area contributed by atoms with E-state index >= 15 is 0 Å². The smallest absolute Gasteiger partial charge is 0.364 e. The van der Waals surface area contributed by atoms with Gasteiger partial charge in [0.2, 0.25) is 5.88 Å². The zero-order chi connectivity index (χ0) is 20.1. The van der Waals surface area contributed by atoms with E-state index in [-0.39, 0.29) is 5.88 Å². The van der Waals surface area contributed by atoms with E-state index in [1.54, 1.807) is 13.2 Å². The summed E-state index contributed by atoms with van der Waals surface area (Å²) >= 11 is 0. The number of methoxy groups -OCH3 is 1. The van der Waals surface area contributed by atoms with Crippen molar-refractivity contribution in [3.63, 3.8) is 0 Å². The van der Waals surface area contributed by atoms with Crippen LogP contribution < -0.4 is 9.47 Å². The molecule has 5 nitrogen and oxygen atoms in total. The normalized spacial score (nSPS) is 14.4. The molecule has 3 aromatic rings. The standard InChI is InChI=1S/C24H19NO4/c1-27-21-14-18(12-13-20(21)28-16-17-8-4-2-5-9-17)15-22-25-23(24(26)29-22)19-10-6-3-7-11-19/h2-15H,16H2,1H3. The minimum absolute atomic E-state index is 0.244. The lowest BCUT2D eigenvalue weighted by atomic mass is 10.1. The second-order valence-electron chi connectivity index (χ2n) is 6.38. The molecule has 1 heterocycles. The number of carbonyl (C=O) groups is 1. The number of hydrogen-bond donors (Lipinski definition) is 0. The Kier molecular flexibility index (Phi) is 5.38. The maximum absolute atomic E-state index is 12.1. The lowest BCUT2D eigenvalue weighted by Gasteiger charge is -2.11. The molecule has 0 spiro atoms. The Bertz CT molecular complexity index is 1070. The molecule has 0 aromatic heterocycles. The highest BCUT2D eigenvalue weighted by atomic mass is 16.6. The highest BCUT2D eigenvalue weighted by Crippen LogP contribution is 2.30. The molecular weight excluding hydrogens is 366 g/mol. The van der Waals surface area contributed by atoms with Crippen molar-refractivity contribution >= 4 is 17.8 Å². The molecule has 0 radical (unpaired) electrons. The summed E-state index contributed by atoms with van der Waals surface area (Å²) in [5.41, 5.74) is 2.88. The van der Waals surface area contributed by atoms with Gasteiger partial charge in [-0.3, -0.25) is 0 Å². The highest BCUT2D eigenvalue weighted by Gasteiger charge is 2.24. The molecule has 0 atom stereocenters. The Morgan fingerprint density at radius 3 is 2.38 bits per heavy atom. The van der Waals surface area contributed by atoms with Crippen LogP contribution in [0.5, 0.6) is 11.5 Å². The summed E-state index contributed by atoms with van der Waals surface area (Å²) in [5, 5.41) is 0. The average molecular weight is 385 g/mol. The van der Waals surface area contributed by atoms with Crippen LogP contribution in [0.4, 0.5) is 0 Å². The van der Waals surface area contributed by atoms with Gasteiger partial charge >= 0.3 is 5.97 Å². The van der Waals surface area contributed by atoms with Crippen LogP contribution in [0.25, 0.3) is 6.08 Å². The monoisotopic (exact) mass is 385 g/mol. The van der Waals surface area contributed by atoms with Crippen molar-refractivity contribution in [3.8, 4) is 11.5 Å². The van der Waals surface area contributed by atoms with Crippen molar-refractivity contribution in [1.29, 1.82) is 0 Å². The minimum Gasteiger partial charge on any atom is -0.493 e. The third kappa shape index (κ3) is 4.35. The Labute approximate surface area is 168 Å². The summed E-state index contributed by atoms with van der Waals surface area (Å²) in [6.07, 6.45) is 1.69. The Hall–Kier alpha value is -3.86. The Balaban J connectivity index is 1.53. The number of benzene rings is 3. The van der Waals surface area contributed by atoms with Gasteiger partial charge in [0, 0.05) is 11.6 Å². The number of hydrogen-bond acceptors (Lipinski definition) is 5. The number of aliphatic imine (C=N–C) groups is 1. The molecule has 0 saturated carbocycles. The maximum atomic E-state index is 12.1. The van der Waals surface area contributed by atoms with Gasteiger partial charge in [0.15, 0.2) is 17.2 Å². The number of ether oxygens (including phenoxy) is 3. The quantitative estimate of drug-likeness (QED) is 0.581. The molecule has 3 aromatic carbocycles. The van der Waals surface area contributed by atoms with Crippen LogP contribution >= 0.6 is 0 Å². The van der Waals surface area contributed by atoms with Crippen LogP contribution in [0.1, 0.15) is 16.7 Å². The van der Waals surface area contributed by atoms with Gasteiger partial charge in [-0.25, -0.2) is 9.79 Å². The predicted molar refractivity (Wildman–Crippen MR) is 111 cm³/mol. The Morgan fingerprint density at radius 2 is 1.66 bits per heavy atom. The van der Waals surface area contributed by atoms with Gasteiger partial charge in [0.1, 0.15) is 6.61 Å². The first-order valence-electron chi connectivity index (χ1n) is 9.16. The average Bonchev–Trinajstić information content (AvgIpc) is 3.14. The largest absolute Gasteiger partial charge is 0.493 e. The van der Waals surface area contributed by atoms with Crippen LogP contribution in [0.3, 0.4) is 0 Å². The zero-order valence-corrected chi connectivity index (χ0v) is 15.9. The first kappa shape index (κ1) is 18.5. The van der Waals surface area contributed by atoms with Crippen molar-refractivity contribution in [2.45, 2.75) is 6.61 Å². The van der Waals surface area contributed by atoms with Crippen molar-refractivity contribution in [2.24, 2.45) is 4.99 Å². The number of rotatable bonds is 6. The van der Waals surface area contributed by atoms with E-state index in [9.17, 15) is 4.79 Å². The van der Waals surface area contributed by atoms with E-state index in [1.807, 2.05) is 78.9 Å². The second-order valence-corrected chi connectivity index (χ2v) is 6.38. The molecule has 5 heteroatoms. The molecular formula is C24H19NO4. The lowest BCUT2D eigenvalue weighted by Crippen LogP contribution is -2.10. The first-order valence-corrected chi connectivity index (χ1v) is 9.16. The summed E-state index contributed by atoms with van der Waals surface area (Å²) in [6.45, 7) is 0.444. The fourth-order valence-corrected chi connectivity index (χ4v) is 2.93. The molecule has 1 aliphatic heterocycles. The van der Waals surface area contributed by atoms with Gasteiger partial charge in [-0.1, -0.05) is 66.7 Å². The zero-order valence-electron chi connectivity index (χ0n) is 15.9. The third-order valence-corrected chi connectivity index (χ3v) is 4.37. The highest BCUT2D eigenvalue weighted by molar-refractivity contribution is 6.45. The van der Waals surface area contributed by atoms with Crippen LogP contribution in [-0.2, 0) is 16.1 Å². The van der Waals surface area contributed by atoms with Gasteiger partial charge in [-0.15, -0.1) is 0 Å². The SMILES string of the molecule is COc1cc(C=C2N=C(c3ccccc3)C(=O)O2)ccc1OCc1ccccc1. The van der Waals surface area contributed by atoms with Crippen LogP contribution in [0.15, 0.2) is 89.7 Å². The van der Waals surface area contributed by atoms with Gasteiger partial charge in [-0.2, -0.15) is 0 Å². The second kappa shape index (κ2) is 8.44. The molecule has 0 unspecified atom stereocenters. The molecule has 0 aliphatic carbocycles. The van der Waals surface area contributed by atoms with E-state index in [0.29, 0.717) is 23.8 Å². The minimum atomic E-state index is -0.461. The summed E-state index contributed by atoms with van der Waals surface area (Å²) in [4.78, 5) is 16.5. The summed E-state index contributed by atoms with van der Waals surface area (Å²) in [7, 11) is 1.59. The van der Waals surface area contributed by atoms with Gasteiger partial charge in [0.05, 0.1) is 7.11 Å². The molecule has 0 fully saturated rings. The van der Waals surface area contributed by atoms with Crippen molar-refractivity contribution in [2.75, 3.05) is 7.11 Å². The molecule has 1 aliphatic rings. The fourth-order valence-electron chi connectivity index (χ4n) is 2.93. The lowest BCUT2D eigenvalue weighted by molar-refractivity contribution is -0.130. The van der Waals surface area contributed by atoms with Crippen molar-refractivity contribution in [3.05, 3.63) is 101 Å². The van der Waals surface area contributed by atoms with Crippen molar-refractivity contribution < 1.29 is 19.0 Å². The van der Waals surface area contributed by atoms with E-state index in [4.69, 9.17) is 14.2 Å². The number of esters is 1. The molecule has 0 saturated heterocycles. The van der Waals surface area contributed by atoms with Gasteiger partial charge < -0.3 is 14.2 Å². The maximum Gasteiger partial charge on any atom is 0.364 e. The molecule has 4 rings (SSSR count).